The maximum atomic E-state index is 13.7. The average molecular weight is 268 g/mol. The zero-order chi connectivity index (χ0) is 14.4. The molecule has 1 unspecified atom stereocenters. The second kappa shape index (κ2) is 4.37. The van der Waals surface area contributed by atoms with E-state index in [1.165, 1.54) is 6.07 Å². The number of hydrogen-bond acceptors (Lipinski definition) is 2. The van der Waals surface area contributed by atoms with Crippen LogP contribution in [-0.4, -0.2) is 10.9 Å². The molecule has 1 aliphatic rings. The van der Waals surface area contributed by atoms with E-state index in [4.69, 9.17) is 0 Å². The smallest absolute Gasteiger partial charge is 0.147 e. The van der Waals surface area contributed by atoms with Crippen LogP contribution in [0.5, 0.6) is 0 Å². The number of carbonyl (C=O) groups is 1. The molecule has 0 amide bonds. The molecule has 0 radical (unpaired) electrons. The second-order valence-corrected chi connectivity index (χ2v) is 6.30. The number of aliphatic hydroxyl groups excluding tert-OH is 1. The Bertz CT molecular complexity index is 513. The van der Waals surface area contributed by atoms with Gasteiger partial charge in [-0.1, -0.05) is 26.8 Å². The highest BCUT2D eigenvalue weighted by Gasteiger charge is 2.58. The Morgan fingerprint density at radius 2 is 1.89 bits per heavy atom. The summed E-state index contributed by atoms with van der Waals surface area (Å²) in [5.41, 5.74) is -1.50. The highest BCUT2D eigenvalue weighted by molar-refractivity contribution is 5.92. The third kappa shape index (κ3) is 2.41. The molecule has 4 heteroatoms. The van der Waals surface area contributed by atoms with Crippen LogP contribution in [-0.2, 0) is 4.79 Å². The Morgan fingerprint density at radius 1 is 1.32 bits per heavy atom. The largest absolute Gasteiger partial charge is 0.387 e. The van der Waals surface area contributed by atoms with Gasteiger partial charge in [-0.05, 0) is 18.9 Å². The fourth-order valence-electron chi connectivity index (χ4n) is 2.53. The molecule has 1 N–H and O–H groups in total. The Kier molecular flexibility index (Phi) is 3.25. The summed E-state index contributed by atoms with van der Waals surface area (Å²) in [5, 5.41) is 10.3. The summed E-state index contributed by atoms with van der Waals surface area (Å²) in [6, 6.07) is 3.04. The molecule has 1 aromatic carbocycles. The molecule has 1 aliphatic carbocycles. The van der Waals surface area contributed by atoms with Gasteiger partial charge in [0.2, 0.25) is 0 Å². The lowest BCUT2D eigenvalue weighted by Crippen LogP contribution is -2.34. The van der Waals surface area contributed by atoms with Crippen molar-refractivity contribution in [1.82, 2.24) is 0 Å². The highest BCUT2D eigenvalue weighted by atomic mass is 19.1. The van der Waals surface area contributed by atoms with Crippen molar-refractivity contribution in [3.8, 4) is 0 Å². The molecule has 19 heavy (non-hydrogen) atoms. The van der Waals surface area contributed by atoms with Crippen LogP contribution in [0.15, 0.2) is 18.2 Å². The Morgan fingerprint density at radius 3 is 2.32 bits per heavy atom. The number of halogens is 2. The van der Waals surface area contributed by atoms with Gasteiger partial charge in [0.15, 0.2) is 0 Å². The van der Waals surface area contributed by atoms with Gasteiger partial charge < -0.3 is 5.11 Å². The zero-order valence-electron chi connectivity index (χ0n) is 11.3. The van der Waals surface area contributed by atoms with Crippen molar-refractivity contribution in [2.24, 2.45) is 10.8 Å². The monoisotopic (exact) mass is 268 g/mol. The van der Waals surface area contributed by atoms with Gasteiger partial charge in [0.25, 0.3) is 0 Å². The van der Waals surface area contributed by atoms with Gasteiger partial charge in [-0.25, -0.2) is 8.78 Å². The van der Waals surface area contributed by atoms with Crippen molar-refractivity contribution in [3.05, 3.63) is 35.4 Å². The molecule has 104 valence electrons. The lowest BCUT2D eigenvalue weighted by molar-refractivity contribution is -0.136. The summed E-state index contributed by atoms with van der Waals surface area (Å²) >= 11 is 0. The summed E-state index contributed by atoms with van der Waals surface area (Å²) in [6.07, 6.45) is -0.123. The molecule has 1 fully saturated rings. The summed E-state index contributed by atoms with van der Waals surface area (Å²) in [7, 11) is 0. The minimum Gasteiger partial charge on any atom is -0.387 e. The van der Waals surface area contributed by atoms with Gasteiger partial charge >= 0.3 is 0 Å². The third-order valence-corrected chi connectivity index (χ3v) is 3.70. The Balaban J connectivity index is 2.34. The molecule has 0 aromatic heterocycles. The van der Waals surface area contributed by atoms with Crippen molar-refractivity contribution < 1.29 is 18.7 Å². The number of carbonyl (C=O) groups excluding carboxylic acids is 1. The Hall–Kier alpha value is -1.29. The fraction of sp³-hybridized carbons (Fsp3) is 0.533. The molecular weight excluding hydrogens is 250 g/mol. The van der Waals surface area contributed by atoms with Gasteiger partial charge in [0, 0.05) is 17.0 Å². The van der Waals surface area contributed by atoms with Crippen molar-refractivity contribution in [2.45, 2.75) is 39.7 Å². The number of aliphatic hydroxyl groups is 1. The number of rotatable bonds is 3. The molecule has 1 atom stereocenters. The number of ketones is 1. The molecule has 0 aliphatic heterocycles. The minimum atomic E-state index is -1.21. The first-order valence-electron chi connectivity index (χ1n) is 6.36. The van der Waals surface area contributed by atoms with Gasteiger partial charge in [-0.15, -0.1) is 0 Å². The lowest BCUT2D eigenvalue weighted by atomic mass is 9.76. The topological polar surface area (TPSA) is 37.3 Å². The zero-order valence-corrected chi connectivity index (χ0v) is 11.3. The van der Waals surface area contributed by atoms with Crippen molar-refractivity contribution >= 4 is 5.78 Å². The van der Waals surface area contributed by atoms with E-state index in [0.717, 1.165) is 12.1 Å². The Labute approximate surface area is 111 Å². The van der Waals surface area contributed by atoms with Crippen LogP contribution in [0, 0.1) is 22.5 Å². The van der Waals surface area contributed by atoms with Crippen LogP contribution in [0.25, 0.3) is 0 Å². The van der Waals surface area contributed by atoms with E-state index in [-0.39, 0.29) is 11.3 Å². The first kappa shape index (κ1) is 14.1. The first-order valence-corrected chi connectivity index (χ1v) is 6.36. The first-order chi connectivity index (χ1) is 8.68. The summed E-state index contributed by atoms with van der Waals surface area (Å²) < 4.78 is 26.6. The molecular formula is C15H18F2O2. The quantitative estimate of drug-likeness (QED) is 0.912. The van der Waals surface area contributed by atoms with E-state index in [1.807, 2.05) is 0 Å². The van der Waals surface area contributed by atoms with Gasteiger partial charge in [-0.3, -0.25) is 4.79 Å². The average Bonchev–Trinajstić information content (AvgIpc) is 3.07. The highest BCUT2D eigenvalue weighted by Crippen LogP contribution is 2.58. The second-order valence-electron chi connectivity index (χ2n) is 6.30. The van der Waals surface area contributed by atoms with Crippen molar-refractivity contribution in [1.29, 1.82) is 0 Å². The van der Waals surface area contributed by atoms with Crippen LogP contribution < -0.4 is 0 Å². The number of benzene rings is 1. The van der Waals surface area contributed by atoms with E-state index in [0.29, 0.717) is 12.8 Å². The summed E-state index contributed by atoms with van der Waals surface area (Å²) in [4.78, 5) is 12.4. The van der Waals surface area contributed by atoms with Crippen LogP contribution in [0.3, 0.4) is 0 Å². The van der Waals surface area contributed by atoms with E-state index < -0.39 is 28.6 Å². The van der Waals surface area contributed by atoms with Crippen LogP contribution in [0.2, 0.25) is 0 Å². The SMILES string of the molecule is CC(C)(C)C(=O)C1(C(O)c2ccc(F)cc2F)CC1. The molecule has 0 bridgehead atoms. The van der Waals surface area contributed by atoms with Crippen LogP contribution in [0.4, 0.5) is 8.78 Å². The predicted octanol–water partition coefficient (Wildman–Crippen LogP) is 3.39. The van der Waals surface area contributed by atoms with Crippen molar-refractivity contribution in [2.75, 3.05) is 0 Å². The summed E-state index contributed by atoms with van der Waals surface area (Å²) in [6.45, 7) is 5.34. The molecule has 1 aromatic rings. The van der Waals surface area contributed by atoms with E-state index in [2.05, 4.69) is 0 Å². The molecule has 2 rings (SSSR count). The fourth-order valence-corrected chi connectivity index (χ4v) is 2.53. The molecule has 2 nitrogen and oxygen atoms in total. The maximum absolute atomic E-state index is 13.7. The molecule has 0 saturated heterocycles. The third-order valence-electron chi connectivity index (χ3n) is 3.70. The maximum Gasteiger partial charge on any atom is 0.147 e. The summed E-state index contributed by atoms with van der Waals surface area (Å²) in [5.74, 6) is -1.57. The predicted molar refractivity (Wildman–Crippen MR) is 67.4 cm³/mol. The molecule has 0 spiro atoms. The van der Waals surface area contributed by atoms with Gasteiger partial charge in [0.05, 0.1) is 11.5 Å². The van der Waals surface area contributed by atoms with Gasteiger partial charge in [0.1, 0.15) is 17.4 Å². The number of Topliss-reactive ketones (excluding diaryl/α,β-unsaturated/α-hetero) is 1. The van der Waals surface area contributed by atoms with Crippen molar-refractivity contribution in [3.63, 3.8) is 0 Å². The van der Waals surface area contributed by atoms with E-state index in [1.54, 1.807) is 20.8 Å². The van der Waals surface area contributed by atoms with Gasteiger partial charge in [-0.2, -0.15) is 0 Å². The lowest BCUT2D eigenvalue weighted by Gasteiger charge is -2.28. The normalized spacial score (nSPS) is 19.1. The van der Waals surface area contributed by atoms with E-state index >= 15 is 0 Å². The molecule has 0 heterocycles. The number of hydrogen-bond donors (Lipinski definition) is 1. The molecule has 1 saturated carbocycles. The van der Waals surface area contributed by atoms with E-state index in [9.17, 15) is 18.7 Å². The standard InChI is InChI=1S/C15H18F2O2/c1-14(2,3)13(19)15(6-7-15)12(18)10-5-4-9(16)8-11(10)17/h4-5,8,12,18H,6-7H2,1-3H3. The van der Waals surface area contributed by atoms with Crippen LogP contribution >= 0.6 is 0 Å². The van der Waals surface area contributed by atoms with Crippen LogP contribution in [0.1, 0.15) is 45.3 Å². The minimum absolute atomic E-state index is 0.00324.